The highest BCUT2D eigenvalue weighted by molar-refractivity contribution is 5.82. The highest BCUT2D eigenvalue weighted by Crippen LogP contribution is 2.03. The molecule has 0 aliphatic carbocycles. The maximum atomic E-state index is 11.1. The minimum atomic E-state index is -0.955. The molecule has 0 fully saturated rings. The van der Waals surface area contributed by atoms with Crippen molar-refractivity contribution in [2.45, 2.75) is 18.9 Å². The van der Waals surface area contributed by atoms with Gasteiger partial charge in [0.2, 0.25) is 0 Å². The van der Waals surface area contributed by atoms with Crippen LogP contribution in [0.5, 0.6) is 0 Å². The first kappa shape index (κ1) is 16.4. The molecule has 0 aliphatic rings. The number of rotatable bonds is 8. The number of guanidine groups is 1. The van der Waals surface area contributed by atoms with Gasteiger partial charge >= 0.3 is 5.97 Å². The molecule has 0 aliphatic heterocycles. The summed E-state index contributed by atoms with van der Waals surface area (Å²) in [6.45, 7) is 0.404. The standard InChI is InChI=1S/C15H20N4O2/c16-15(17)19-11-5-9-13(14(20)21)18-10-4-8-12-6-2-1-3-7-12/h1-4,6-8,10,13H,5,9,11H2,(H,20,21)(H4,16,17,19)/t13-/m0/s1. The van der Waals surface area contributed by atoms with Gasteiger partial charge in [-0.05, 0) is 24.5 Å². The molecule has 5 N–H and O–H groups in total. The van der Waals surface area contributed by atoms with Gasteiger partial charge in [0.1, 0.15) is 6.04 Å². The van der Waals surface area contributed by atoms with Gasteiger partial charge in [0.25, 0.3) is 0 Å². The Labute approximate surface area is 123 Å². The highest BCUT2D eigenvalue weighted by Gasteiger charge is 2.13. The molecule has 0 saturated heterocycles. The third-order valence-electron chi connectivity index (χ3n) is 2.66. The molecular weight excluding hydrogens is 268 g/mol. The number of allylic oxidation sites excluding steroid dienone is 1. The van der Waals surface area contributed by atoms with Crippen LogP contribution in [0.25, 0.3) is 6.08 Å². The molecule has 1 aromatic rings. The molecule has 0 aromatic heterocycles. The summed E-state index contributed by atoms with van der Waals surface area (Å²) in [5.41, 5.74) is 11.4. The van der Waals surface area contributed by atoms with Gasteiger partial charge < -0.3 is 16.6 Å². The molecule has 1 rings (SSSR count). The molecule has 0 radical (unpaired) electrons. The van der Waals surface area contributed by atoms with Crippen LogP contribution < -0.4 is 11.5 Å². The van der Waals surface area contributed by atoms with E-state index in [4.69, 9.17) is 16.6 Å². The van der Waals surface area contributed by atoms with Crippen LogP contribution >= 0.6 is 0 Å². The van der Waals surface area contributed by atoms with Gasteiger partial charge in [-0.3, -0.25) is 9.98 Å². The van der Waals surface area contributed by atoms with E-state index in [1.54, 1.807) is 6.08 Å². The molecule has 0 saturated carbocycles. The maximum Gasteiger partial charge on any atom is 0.328 e. The fourth-order valence-corrected chi connectivity index (χ4v) is 1.63. The summed E-state index contributed by atoms with van der Waals surface area (Å²) in [5, 5.41) is 9.08. The van der Waals surface area contributed by atoms with Crippen molar-refractivity contribution in [1.82, 2.24) is 0 Å². The summed E-state index contributed by atoms with van der Waals surface area (Å²) in [5.74, 6) is -0.944. The topological polar surface area (TPSA) is 114 Å². The normalized spacial score (nSPS) is 12.6. The SMILES string of the molecule is NC(N)=NCCC[C@H](N=CC=Cc1ccccc1)C(=O)O. The van der Waals surface area contributed by atoms with Crippen molar-refractivity contribution in [3.63, 3.8) is 0 Å². The van der Waals surface area contributed by atoms with E-state index >= 15 is 0 Å². The van der Waals surface area contributed by atoms with Crippen LogP contribution in [0.1, 0.15) is 18.4 Å². The van der Waals surface area contributed by atoms with Gasteiger partial charge in [-0.2, -0.15) is 0 Å². The van der Waals surface area contributed by atoms with E-state index in [0.717, 1.165) is 5.56 Å². The second-order valence-electron chi connectivity index (χ2n) is 4.37. The van der Waals surface area contributed by atoms with Crippen LogP contribution in [0.2, 0.25) is 0 Å². The monoisotopic (exact) mass is 288 g/mol. The molecule has 0 unspecified atom stereocenters. The zero-order valence-corrected chi connectivity index (χ0v) is 11.7. The summed E-state index contributed by atoms with van der Waals surface area (Å²) in [6, 6.07) is 8.92. The van der Waals surface area contributed by atoms with Gasteiger partial charge in [-0.15, -0.1) is 0 Å². The third-order valence-corrected chi connectivity index (χ3v) is 2.66. The quantitative estimate of drug-likeness (QED) is 0.379. The lowest BCUT2D eigenvalue weighted by molar-refractivity contribution is -0.138. The lowest BCUT2D eigenvalue weighted by atomic mass is 10.1. The van der Waals surface area contributed by atoms with Gasteiger partial charge in [0.05, 0.1) is 0 Å². The molecule has 1 aromatic carbocycles. The number of aliphatic carboxylic acids is 1. The van der Waals surface area contributed by atoms with Crippen LogP contribution in [-0.2, 0) is 4.79 Å². The molecule has 6 heteroatoms. The molecule has 0 heterocycles. The average molecular weight is 288 g/mol. The zero-order valence-electron chi connectivity index (χ0n) is 11.7. The lowest BCUT2D eigenvalue weighted by Crippen LogP contribution is -2.23. The first-order valence-corrected chi connectivity index (χ1v) is 6.62. The number of nitrogens with two attached hydrogens (primary N) is 2. The number of hydrogen-bond donors (Lipinski definition) is 3. The molecule has 6 nitrogen and oxygen atoms in total. The van der Waals surface area contributed by atoms with Crippen LogP contribution in [-0.4, -0.2) is 35.8 Å². The van der Waals surface area contributed by atoms with E-state index in [2.05, 4.69) is 9.98 Å². The lowest BCUT2D eigenvalue weighted by Gasteiger charge is -2.05. The number of hydrogen-bond acceptors (Lipinski definition) is 3. The van der Waals surface area contributed by atoms with Gasteiger partial charge in [0, 0.05) is 12.8 Å². The van der Waals surface area contributed by atoms with E-state index in [-0.39, 0.29) is 5.96 Å². The fourth-order valence-electron chi connectivity index (χ4n) is 1.63. The fraction of sp³-hybridized carbons (Fsp3) is 0.267. The molecule has 0 spiro atoms. The number of benzene rings is 1. The predicted molar refractivity (Wildman–Crippen MR) is 85.3 cm³/mol. The minimum Gasteiger partial charge on any atom is -0.480 e. The molecule has 21 heavy (non-hydrogen) atoms. The molecule has 0 amide bonds. The predicted octanol–water partition coefficient (Wildman–Crippen LogP) is 1.28. The van der Waals surface area contributed by atoms with Crippen molar-refractivity contribution < 1.29 is 9.90 Å². The van der Waals surface area contributed by atoms with E-state index in [1.165, 1.54) is 6.21 Å². The Kier molecular flexibility index (Phi) is 7.28. The van der Waals surface area contributed by atoms with Gasteiger partial charge in [-0.1, -0.05) is 36.4 Å². The van der Waals surface area contributed by atoms with Crippen molar-refractivity contribution in [2.24, 2.45) is 21.5 Å². The summed E-state index contributed by atoms with van der Waals surface area (Å²) < 4.78 is 0. The smallest absolute Gasteiger partial charge is 0.328 e. The van der Waals surface area contributed by atoms with Crippen molar-refractivity contribution in [1.29, 1.82) is 0 Å². The Morgan fingerprint density at radius 2 is 2.00 bits per heavy atom. The summed E-state index contributed by atoms with van der Waals surface area (Å²) in [7, 11) is 0. The van der Waals surface area contributed by atoms with Crippen LogP contribution in [0, 0.1) is 0 Å². The van der Waals surface area contributed by atoms with Gasteiger partial charge in [0.15, 0.2) is 5.96 Å². The van der Waals surface area contributed by atoms with Crippen LogP contribution in [0.15, 0.2) is 46.4 Å². The number of aliphatic imine (C=N–C) groups is 2. The van der Waals surface area contributed by atoms with E-state index in [0.29, 0.717) is 19.4 Å². The van der Waals surface area contributed by atoms with Crippen molar-refractivity contribution in [3.05, 3.63) is 42.0 Å². The molecule has 112 valence electrons. The largest absolute Gasteiger partial charge is 0.480 e. The Balaban J connectivity index is 2.46. The second kappa shape index (κ2) is 9.30. The Bertz CT molecular complexity index is 520. The van der Waals surface area contributed by atoms with Crippen LogP contribution in [0.3, 0.4) is 0 Å². The first-order valence-electron chi connectivity index (χ1n) is 6.62. The summed E-state index contributed by atoms with van der Waals surface area (Å²) in [4.78, 5) is 18.9. The first-order chi connectivity index (χ1) is 10.1. The number of carbonyl (C=O) groups is 1. The van der Waals surface area contributed by atoms with Gasteiger partial charge in [-0.25, -0.2) is 4.79 Å². The molecule has 1 atom stereocenters. The second-order valence-corrected chi connectivity index (χ2v) is 4.37. The minimum absolute atomic E-state index is 0.0103. The molecule has 0 bridgehead atoms. The molecular formula is C15H20N4O2. The van der Waals surface area contributed by atoms with Crippen molar-refractivity contribution >= 4 is 24.2 Å². The van der Waals surface area contributed by atoms with E-state index < -0.39 is 12.0 Å². The van der Waals surface area contributed by atoms with E-state index in [9.17, 15) is 4.79 Å². The summed E-state index contributed by atoms with van der Waals surface area (Å²) in [6.07, 6.45) is 6.05. The highest BCUT2D eigenvalue weighted by atomic mass is 16.4. The van der Waals surface area contributed by atoms with Crippen molar-refractivity contribution in [2.75, 3.05) is 6.54 Å². The summed E-state index contributed by atoms with van der Waals surface area (Å²) >= 11 is 0. The van der Waals surface area contributed by atoms with Crippen molar-refractivity contribution in [3.8, 4) is 0 Å². The number of nitrogens with zero attached hydrogens (tertiary/aromatic N) is 2. The Hall–Kier alpha value is -2.63. The number of carboxylic acids is 1. The number of carboxylic acid groups (broad SMARTS) is 1. The van der Waals surface area contributed by atoms with E-state index in [1.807, 2.05) is 36.4 Å². The zero-order chi connectivity index (χ0) is 15.5. The average Bonchev–Trinajstić information content (AvgIpc) is 2.46. The Morgan fingerprint density at radius 1 is 1.29 bits per heavy atom. The van der Waals surface area contributed by atoms with Crippen LogP contribution in [0.4, 0.5) is 0 Å². The third kappa shape index (κ3) is 7.51. The maximum absolute atomic E-state index is 11.1. The Morgan fingerprint density at radius 3 is 2.62 bits per heavy atom.